The van der Waals surface area contributed by atoms with E-state index in [1.54, 1.807) is 11.8 Å². The summed E-state index contributed by atoms with van der Waals surface area (Å²) in [5, 5.41) is 2.95. The molecule has 92 valence electrons. The van der Waals surface area contributed by atoms with E-state index in [1.807, 2.05) is 6.26 Å². The summed E-state index contributed by atoms with van der Waals surface area (Å²) in [4.78, 5) is 11.5. The van der Waals surface area contributed by atoms with Crippen LogP contribution >= 0.6 is 24.2 Å². The molecule has 0 aromatic rings. The fourth-order valence-electron chi connectivity index (χ4n) is 1.18. The van der Waals surface area contributed by atoms with Gasteiger partial charge >= 0.3 is 0 Å². The molecule has 3 N–H and O–H groups in total. The highest BCUT2D eigenvalue weighted by Crippen LogP contribution is 2.01. The molecule has 0 aromatic carbocycles. The molecule has 1 amide bonds. The van der Waals surface area contributed by atoms with Crippen LogP contribution in [0.1, 0.15) is 33.1 Å². The van der Waals surface area contributed by atoms with Gasteiger partial charge in [0.05, 0.1) is 6.04 Å². The Kier molecular flexibility index (Phi) is 12.3. The summed E-state index contributed by atoms with van der Waals surface area (Å²) >= 11 is 1.72. The van der Waals surface area contributed by atoms with Crippen LogP contribution < -0.4 is 11.1 Å². The fourth-order valence-corrected chi connectivity index (χ4v) is 1.67. The Hall–Kier alpha value is 0.0700. The Bertz CT molecular complexity index is 166. The normalized spacial score (nSPS) is 12.1. The van der Waals surface area contributed by atoms with Crippen LogP contribution in [0.25, 0.3) is 0 Å². The smallest absolute Gasteiger partial charge is 0.237 e. The molecule has 0 aliphatic rings. The third kappa shape index (κ3) is 7.94. The standard InChI is InChI=1S/C10H22N2OS.ClH/c1-4-8(5-2)12-10(13)9(11)6-7-14-3;/h8-9H,4-7,11H2,1-3H3,(H,12,13);1H. The summed E-state index contributed by atoms with van der Waals surface area (Å²) < 4.78 is 0. The minimum atomic E-state index is -0.344. The van der Waals surface area contributed by atoms with E-state index in [1.165, 1.54) is 0 Å². The minimum Gasteiger partial charge on any atom is -0.352 e. The Labute approximate surface area is 103 Å². The zero-order chi connectivity index (χ0) is 11.0. The Morgan fingerprint density at radius 3 is 2.33 bits per heavy atom. The van der Waals surface area contributed by atoms with E-state index in [9.17, 15) is 4.79 Å². The second kappa shape index (κ2) is 10.6. The summed E-state index contributed by atoms with van der Waals surface area (Å²) in [6.45, 7) is 4.14. The van der Waals surface area contributed by atoms with E-state index >= 15 is 0 Å². The molecule has 5 heteroatoms. The highest BCUT2D eigenvalue weighted by Gasteiger charge is 2.15. The summed E-state index contributed by atoms with van der Waals surface area (Å²) in [6, 6.07) is -0.0640. The van der Waals surface area contributed by atoms with Gasteiger partial charge in [0, 0.05) is 6.04 Å². The van der Waals surface area contributed by atoms with Crippen molar-refractivity contribution in [2.75, 3.05) is 12.0 Å². The van der Waals surface area contributed by atoms with Gasteiger partial charge in [0.1, 0.15) is 0 Å². The second-order valence-corrected chi connectivity index (χ2v) is 4.40. The maximum Gasteiger partial charge on any atom is 0.237 e. The summed E-state index contributed by atoms with van der Waals surface area (Å²) in [7, 11) is 0. The van der Waals surface area contributed by atoms with E-state index in [0.717, 1.165) is 25.0 Å². The molecule has 0 spiro atoms. The number of rotatable bonds is 7. The molecular formula is C10H23ClN2OS. The molecule has 3 nitrogen and oxygen atoms in total. The van der Waals surface area contributed by atoms with Crippen molar-refractivity contribution < 1.29 is 4.79 Å². The predicted octanol–water partition coefficient (Wildman–Crippen LogP) is 1.79. The topological polar surface area (TPSA) is 55.1 Å². The molecule has 1 unspecified atom stereocenters. The number of thioether (sulfide) groups is 1. The molecule has 0 rings (SSSR count). The zero-order valence-electron chi connectivity index (χ0n) is 9.79. The van der Waals surface area contributed by atoms with Crippen molar-refractivity contribution in [2.45, 2.75) is 45.2 Å². The lowest BCUT2D eigenvalue weighted by molar-refractivity contribution is -0.123. The molecular weight excluding hydrogens is 232 g/mol. The third-order valence-electron chi connectivity index (χ3n) is 2.30. The molecule has 0 bridgehead atoms. The van der Waals surface area contributed by atoms with E-state index in [2.05, 4.69) is 19.2 Å². The first-order valence-electron chi connectivity index (χ1n) is 5.20. The van der Waals surface area contributed by atoms with E-state index in [0.29, 0.717) is 0 Å². The van der Waals surface area contributed by atoms with E-state index in [4.69, 9.17) is 5.73 Å². The van der Waals surface area contributed by atoms with Gasteiger partial charge in [-0.05, 0) is 31.3 Å². The average Bonchev–Trinajstić information content (AvgIpc) is 2.21. The van der Waals surface area contributed by atoms with E-state index in [-0.39, 0.29) is 30.4 Å². The average molecular weight is 255 g/mol. The van der Waals surface area contributed by atoms with Crippen molar-refractivity contribution in [3.8, 4) is 0 Å². The van der Waals surface area contributed by atoms with Gasteiger partial charge in [-0.2, -0.15) is 11.8 Å². The lowest BCUT2D eigenvalue weighted by atomic mass is 10.1. The quantitative estimate of drug-likeness (QED) is 0.729. The number of hydrogen-bond donors (Lipinski definition) is 2. The van der Waals surface area contributed by atoms with Gasteiger partial charge in [-0.1, -0.05) is 13.8 Å². The van der Waals surface area contributed by atoms with Gasteiger partial charge in [0.15, 0.2) is 0 Å². The van der Waals surface area contributed by atoms with Crippen LogP contribution in [0, 0.1) is 0 Å². The molecule has 15 heavy (non-hydrogen) atoms. The number of nitrogens with one attached hydrogen (secondary N) is 1. The first-order valence-corrected chi connectivity index (χ1v) is 6.59. The molecule has 0 heterocycles. The monoisotopic (exact) mass is 254 g/mol. The minimum absolute atomic E-state index is 0. The molecule has 0 saturated carbocycles. The molecule has 0 saturated heterocycles. The van der Waals surface area contributed by atoms with Crippen LogP contribution in [0.5, 0.6) is 0 Å². The van der Waals surface area contributed by atoms with Gasteiger partial charge < -0.3 is 11.1 Å². The van der Waals surface area contributed by atoms with Crippen molar-refractivity contribution in [2.24, 2.45) is 5.73 Å². The number of hydrogen-bond acceptors (Lipinski definition) is 3. The molecule has 0 aliphatic heterocycles. The first kappa shape index (κ1) is 17.5. The van der Waals surface area contributed by atoms with Gasteiger partial charge in [-0.3, -0.25) is 4.79 Å². The highest BCUT2D eigenvalue weighted by molar-refractivity contribution is 7.98. The number of carbonyl (C=O) groups is 1. The van der Waals surface area contributed by atoms with Crippen LogP contribution in [0.2, 0.25) is 0 Å². The zero-order valence-corrected chi connectivity index (χ0v) is 11.4. The second-order valence-electron chi connectivity index (χ2n) is 3.41. The summed E-state index contributed by atoms with van der Waals surface area (Å²) in [5.41, 5.74) is 5.74. The molecule has 0 aliphatic carbocycles. The molecule has 0 fully saturated rings. The van der Waals surface area contributed by atoms with Crippen LogP contribution in [0.3, 0.4) is 0 Å². The lowest BCUT2D eigenvalue weighted by Crippen LogP contribution is -2.45. The molecule has 0 aromatic heterocycles. The fraction of sp³-hybridized carbons (Fsp3) is 0.900. The van der Waals surface area contributed by atoms with Gasteiger partial charge in [0.2, 0.25) is 5.91 Å². The Morgan fingerprint density at radius 2 is 1.93 bits per heavy atom. The van der Waals surface area contributed by atoms with Crippen molar-refractivity contribution in [1.29, 1.82) is 0 Å². The largest absolute Gasteiger partial charge is 0.352 e. The Morgan fingerprint density at radius 1 is 1.40 bits per heavy atom. The van der Waals surface area contributed by atoms with Crippen LogP contribution in [-0.2, 0) is 4.79 Å². The maximum absolute atomic E-state index is 11.5. The van der Waals surface area contributed by atoms with Crippen molar-refractivity contribution in [3.63, 3.8) is 0 Å². The van der Waals surface area contributed by atoms with E-state index < -0.39 is 0 Å². The van der Waals surface area contributed by atoms with Crippen molar-refractivity contribution in [1.82, 2.24) is 5.32 Å². The van der Waals surface area contributed by atoms with Crippen molar-refractivity contribution in [3.05, 3.63) is 0 Å². The number of amides is 1. The first-order chi connectivity index (χ1) is 6.65. The SMILES string of the molecule is CCC(CC)NC(=O)C(N)CCSC.Cl. The van der Waals surface area contributed by atoms with Crippen LogP contribution in [-0.4, -0.2) is 30.0 Å². The van der Waals surface area contributed by atoms with Crippen molar-refractivity contribution >= 4 is 30.1 Å². The predicted molar refractivity (Wildman–Crippen MR) is 70.7 cm³/mol. The van der Waals surface area contributed by atoms with Gasteiger partial charge in [-0.15, -0.1) is 12.4 Å². The highest BCUT2D eigenvalue weighted by atomic mass is 35.5. The maximum atomic E-state index is 11.5. The third-order valence-corrected chi connectivity index (χ3v) is 2.95. The molecule has 1 atom stereocenters. The van der Waals surface area contributed by atoms with Crippen LogP contribution in [0.4, 0.5) is 0 Å². The number of halogens is 1. The molecule has 0 radical (unpaired) electrons. The number of nitrogens with two attached hydrogens (primary N) is 1. The van der Waals surface area contributed by atoms with Gasteiger partial charge in [0.25, 0.3) is 0 Å². The summed E-state index contributed by atoms with van der Waals surface area (Å²) in [5.74, 6) is 0.935. The van der Waals surface area contributed by atoms with Crippen LogP contribution in [0.15, 0.2) is 0 Å². The summed E-state index contributed by atoms with van der Waals surface area (Å²) in [6.07, 6.45) is 4.72. The lowest BCUT2D eigenvalue weighted by Gasteiger charge is -2.18. The Balaban J connectivity index is 0. The van der Waals surface area contributed by atoms with Gasteiger partial charge in [-0.25, -0.2) is 0 Å². The number of carbonyl (C=O) groups excluding carboxylic acids is 1.